The molecule has 2 aromatic heterocycles. The van der Waals surface area contributed by atoms with E-state index >= 15 is 0 Å². The first-order valence-corrected chi connectivity index (χ1v) is 7.36. The Hall–Kier alpha value is -2.95. The zero-order chi connectivity index (χ0) is 16.2. The van der Waals surface area contributed by atoms with E-state index in [4.69, 9.17) is 4.52 Å². The number of rotatable bonds is 4. The van der Waals surface area contributed by atoms with Gasteiger partial charge in [-0.1, -0.05) is 29.4 Å². The van der Waals surface area contributed by atoms with Gasteiger partial charge in [-0.15, -0.1) is 0 Å². The zero-order valence-electron chi connectivity index (χ0n) is 13.0. The van der Waals surface area contributed by atoms with Crippen molar-refractivity contribution in [3.8, 4) is 11.3 Å². The predicted octanol–water partition coefficient (Wildman–Crippen LogP) is 3.28. The van der Waals surface area contributed by atoms with E-state index in [2.05, 4.69) is 15.5 Å². The molecule has 0 aliphatic rings. The summed E-state index contributed by atoms with van der Waals surface area (Å²) in [5, 5.41) is 6.87. The van der Waals surface area contributed by atoms with Crippen LogP contribution in [0.25, 0.3) is 11.3 Å². The highest BCUT2D eigenvalue weighted by Gasteiger charge is 2.22. The summed E-state index contributed by atoms with van der Waals surface area (Å²) in [5.74, 6) is 0.312. The third-order valence-corrected chi connectivity index (χ3v) is 3.68. The molecule has 0 bridgehead atoms. The summed E-state index contributed by atoms with van der Waals surface area (Å²) in [6.07, 6.45) is 3.40. The van der Waals surface area contributed by atoms with Crippen LogP contribution in [0.2, 0.25) is 0 Å². The molecule has 0 fully saturated rings. The Morgan fingerprint density at radius 1 is 1.13 bits per heavy atom. The van der Waals surface area contributed by atoms with E-state index in [1.165, 1.54) is 0 Å². The molecule has 5 heteroatoms. The maximum absolute atomic E-state index is 12.6. The highest BCUT2D eigenvalue weighted by molar-refractivity contribution is 6.00. The fraction of sp³-hybridized carbons (Fsp3) is 0.167. The summed E-state index contributed by atoms with van der Waals surface area (Å²) in [6, 6.07) is 11.5. The summed E-state index contributed by atoms with van der Waals surface area (Å²) in [5.41, 5.74) is 3.96. The van der Waals surface area contributed by atoms with E-state index in [-0.39, 0.29) is 5.91 Å². The van der Waals surface area contributed by atoms with E-state index in [9.17, 15) is 4.79 Å². The number of aryl methyl sites for hydroxylation is 2. The molecule has 0 spiro atoms. The van der Waals surface area contributed by atoms with E-state index in [1.54, 1.807) is 19.3 Å². The lowest BCUT2D eigenvalue weighted by Gasteiger charge is -2.07. The average Bonchev–Trinajstić information content (AvgIpc) is 2.95. The number of carbonyl (C=O) groups excluding carboxylic acids is 1. The van der Waals surface area contributed by atoms with Crippen molar-refractivity contribution >= 4 is 5.91 Å². The van der Waals surface area contributed by atoms with Gasteiger partial charge in [0, 0.05) is 24.5 Å². The Morgan fingerprint density at radius 2 is 1.87 bits per heavy atom. The molecule has 116 valence electrons. The van der Waals surface area contributed by atoms with E-state index in [0.717, 1.165) is 16.7 Å². The van der Waals surface area contributed by atoms with Crippen molar-refractivity contribution in [2.75, 3.05) is 0 Å². The van der Waals surface area contributed by atoms with Crippen LogP contribution < -0.4 is 5.32 Å². The lowest BCUT2D eigenvalue weighted by molar-refractivity contribution is 0.0950. The smallest absolute Gasteiger partial charge is 0.257 e. The summed E-state index contributed by atoms with van der Waals surface area (Å²) < 4.78 is 5.41. The molecule has 3 aromatic rings. The van der Waals surface area contributed by atoms with Gasteiger partial charge in [0.25, 0.3) is 5.91 Å². The first kappa shape index (κ1) is 15.0. The second kappa shape index (κ2) is 6.44. The molecule has 0 saturated heterocycles. The minimum Gasteiger partial charge on any atom is -0.355 e. The van der Waals surface area contributed by atoms with Crippen LogP contribution in [-0.2, 0) is 6.54 Å². The third kappa shape index (κ3) is 3.13. The van der Waals surface area contributed by atoms with Crippen LogP contribution in [-0.4, -0.2) is 16.0 Å². The Kier molecular flexibility index (Phi) is 4.19. The predicted molar refractivity (Wildman–Crippen MR) is 86.8 cm³/mol. The number of benzene rings is 1. The summed E-state index contributed by atoms with van der Waals surface area (Å²) in [4.78, 5) is 16.5. The number of hydrogen-bond acceptors (Lipinski definition) is 4. The van der Waals surface area contributed by atoms with Gasteiger partial charge >= 0.3 is 0 Å². The fourth-order valence-corrected chi connectivity index (χ4v) is 2.42. The van der Waals surface area contributed by atoms with Crippen LogP contribution in [0.4, 0.5) is 0 Å². The van der Waals surface area contributed by atoms with Crippen molar-refractivity contribution in [2.45, 2.75) is 20.4 Å². The zero-order valence-corrected chi connectivity index (χ0v) is 13.0. The number of pyridine rings is 1. The molecule has 0 radical (unpaired) electrons. The van der Waals surface area contributed by atoms with Gasteiger partial charge in [0.05, 0.1) is 5.69 Å². The number of hydrogen-bond donors (Lipinski definition) is 1. The van der Waals surface area contributed by atoms with Crippen molar-refractivity contribution < 1.29 is 9.32 Å². The summed E-state index contributed by atoms with van der Waals surface area (Å²) in [7, 11) is 0. The second-order valence-corrected chi connectivity index (χ2v) is 5.33. The Labute approximate surface area is 134 Å². The standard InChI is InChI=1S/C18H17N3O2/c1-12-5-3-4-6-15(12)17-16(13(2)21-23-17)18(22)20-11-14-7-9-19-10-8-14/h3-10H,11H2,1-2H3,(H,20,22). The quantitative estimate of drug-likeness (QED) is 0.803. The molecule has 1 amide bonds. The lowest BCUT2D eigenvalue weighted by Crippen LogP contribution is -2.23. The van der Waals surface area contributed by atoms with Gasteiger partial charge in [0.2, 0.25) is 0 Å². The van der Waals surface area contributed by atoms with Gasteiger partial charge in [-0.3, -0.25) is 9.78 Å². The Bertz CT molecular complexity index is 825. The van der Waals surface area contributed by atoms with Crippen molar-refractivity contribution in [3.63, 3.8) is 0 Å². The third-order valence-electron chi connectivity index (χ3n) is 3.68. The molecule has 5 nitrogen and oxygen atoms in total. The average molecular weight is 307 g/mol. The summed E-state index contributed by atoms with van der Waals surface area (Å²) >= 11 is 0. The monoisotopic (exact) mass is 307 g/mol. The van der Waals surface area contributed by atoms with Crippen molar-refractivity contribution in [3.05, 3.63) is 71.2 Å². The number of aromatic nitrogens is 2. The normalized spacial score (nSPS) is 10.5. The first-order valence-electron chi connectivity index (χ1n) is 7.36. The molecule has 0 unspecified atom stereocenters. The van der Waals surface area contributed by atoms with Crippen LogP contribution in [0.15, 0.2) is 53.3 Å². The molecular weight excluding hydrogens is 290 g/mol. The van der Waals surface area contributed by atoms with Crippen molar-refractivity contribution in [2.24, 2.45) is 0 Å². The first-order chi connectivity index (χ1) is 11.2. The summed E-state index contributed by atoms with van der Waals surface area (Å²) in [6.45, 7) is 4.18. The topological polar surface area (TPSA) is 68.0 Å². The maximum atomic E-state index is 12.6. The molecule has 1 N–H and O–H groups in total. The molecule has 1 aromatic carbocycles. The van der Waals surface area contributed by atoms with Crippen LogP contribution in [0.5, 0.6) is 0 Å². The highest BCUT2D eigenvalue weighted by Crippen LogP contribution is 2.28. The van der Waals surface area contributed by atoms with Gasteiger partial charge in [-0.05, 0) is 37.1 Å². The molecule has 2 heterocycles. The van der Waals surface area contributed by atoms with Crippen molar-refractivity contribution in [1.29, 1.82) is 0 Å². The molecule has 23 heavy (non-hydrogen) atoms. The Balaban J connectivity index is 1.87. The van der Waals surface area contributed by atoms with Crippen molar-refractivity contribution in [1.82, 2.24) is 15.5 Å². The van der Waals surface area contributed by atoms with Crippen LogP contribution in [0.1, 0.15) is 27.2 Å². The number of amides is 1. The maximum Gasteiger partial charge on any atom is 0.257 e. The van der Waals surface area contributed by atoms with Gasteiger partial charge in [-0.2, -0.15) is 0 Å². The molecule has 0 aliphatic carbocycles. The molecule has 0 saturated carbocycles. The minimum atomic E-state index is -0.196. The SMILES string of the molecule is Cc1ccccc1-c1onc(C)c1C(=O)NCc1ccncc1. The second-order valence-electron chi connectivity index (χ2n) is 5.33. The van der Waals surface area contributed by atoms with Crippen LogP contribution >= 0.6 is 0 Å². The van der Waals surface area contributed by atoms with Gasteiger partial charge in [-0.25, -0.2) is 0 Å². The van der Waals surface area contributed by atoms with Gasteiger partial charge < -0.3 is 9.84 Å². The van der Waals surface area contributed by atoms with E-state index in [0.29, 0.717) is 23.6 Å². The highest BCUT2D eigenvalue weighted by atomic mass is 16.5. The number of nitrogens with zero attached hydrogens (tertiary/aromatic N) is 2. The Morgan fingerprint density at radius 3 is 2.61 bits per heavy atom. The van der Waals surface area contributed by atoms with Crippen LogP contribution in [0.3, 0.4) is 0 Å². The number of nitrogens with one attached hydrogen (secondary N) is 1. The fourth-order valence-electron chi connectivity index (χ4n) is 2.42. The van der Waals surface area contributed by atoms with Gasteiger partial charge in [0.15, 0.2) is 5.76 Å². The molecule has 0 aliphatic heterocycles. The molecule has 0 atom stereocenters. The van der Waals surface area contributed by atoms with Gasteiger partial charge in [0.1, 0.15) is 5.56 Å². The minimum absolute atomic E-state index is 0.196. The largest absolute Gasteiger partial charge is 0.355 e. The van der Waals surface area contributed by atoms with Crippen LogP contribution in [0, 0.1) is 13.8 Å². The van der Waals surface area contributed by atoms with E-state index < -0.39 is 0 Å². The molecular formula is C18H17N3O2. The number of carbonyl (C=O) groups is 1. The van der Waals surface area contributed by atoms with E-state index in [1.807, 2.05) is 43.3 Å². The lowest BCUT2D eigenvalue weighted by atomic mass is 10.0. The molecule has 3 rings (SSSR count).